The molecule has 3 saturated heterocycles. The normalized spacial score (nSPS) is 25.4. The summed E-state index contributed by atoms with van der Waals surface area (Å²) in [6, 6.07) is 14.4. The van der Waals surface area contributed by atoms with Crippen LogP contribution in [-0.4, -0.2) is 84.5 Å². The van der Waals surface area contributed by atoms with Crippen molar-refractivity contribution in [3.63, 3.8) is 0 Å². The molecule has 242 valence electrons. The fourth-order valence-corrected chi connectivity index (χ4v) is 8.35. The van der Waals surface area contributed by atoms with E-state index < -0.39 is 0 Å². The van der Waals surface area contributed by atoms with Crippen LogP contribution in [0.1, 0.15) is 67.2 Å². The van der Waals surface area contributed by atoms with Gasteiger partial charge in [0.05, 0.1) is 26.1 Å². The summed E-state index contributed by atoms with van der Waals surface area (Å²) in [5.74, 6) is 1.44. The number of benzene rings is 2. The number of fused-ring (bicyclic) bond motifs is 1. The molecule has 4 amide bonds. The van der Waals surface area contributed by atoms with Crippen LogP contribution in [0.25, 0.3) is 0 Å². The maximum absolute atomic E-state index is 14.4. The predicted octanol–water partition coefficient (Wildman–Crippen LogP) is 5.27. The number of nitrogens with zero attached hydrogens (tertiary/aromatic N) is 3. The molecule has 2 aromatic rings. The second-order valence-corrected chi connectivity index (χ2v) is 14.5. The van der Waals surface area contributed by atoms with E-state index >= 15 is 0 Å². The number of hydrogen-bond donors (Lipinski definition) is 2. The highest BCUT2D eigenvalue weighted by atomic mass is 16.2. The highest BCUT2D eigenvalue weighted by Crippen LogP contribution is 2.35. The minimum atomic E-state index is -0.345. The molecule has 0 bridgehead atoms. The summed E-state index contributed by atoms with van der Waals surface area (Å²) in [4.78, 5) is 45.0. The number of rotatable bonds is 7. The molecule has 3 fully saturated rings. The Morgan fingerprint density at radius 1 is 0.911 bits per heavy atom. The molecular formula is C37H52N5O3+. The molecule has 1 unspecified atom stereocenters. The van der Waals surface area contributed by atoms with Crippen LogP contribution in [0.5, 0.6) is 0 Å². The summed E-state index contributed by atoms with van der Waals surface area (Å²) in [6.45, 7) is 10.0. The van der Waals surface area contributed by atoms with Crippen LogP contribution >= 0.6 is 0 Å². The topological polar surface area (TPSA) is 81.8 Å². The van der Waals surface area contributed by atoms with E-state index in [1.807, 2.05) is 28.0 Å². The van der Waals surface area contributed by atoms with E-state index in [2.05, 4.69) is 55.8 Å². The first-order chi connectivity index (χ1) is 21.7. The van der Waals surface area contributed by atoms with Crippen molar-refractivity contribution in [1.29, 1.82) is 0 Å². The van der Waals surface area contributed by atoms with Gasteiger partial charge in [-0.1, -0.05) is 36.4 Å². The van der Waals surface area contributed by atoms with Gasteiger partial charge in [0, 0.05) is 50.6 Å². The van der Waals surface area contributed by atoms with Crippen molar-refractivity contribution >= 4 is 23.5 Å². The van der Waals surface area contributed by atoms with Crippen LogP contribution in [0, 0.1) is 31.6 Å². The van der Waals surface area contributed by atoms with Gasteiger partial charge in [0.1, 0.15) is 0 Å². The Labute approximate surface area is 269 Å². The lowest BCUT2D eigenvalue weighted by atomic mass is 9.78. The summed E-state index contributed by atoms with van der Waals surface area (Å²) in [6.07, 6.45) is 7.04. The zero-order chi connectivity index (χ0) is 31.6. The van der Waals surface area contributed by atoms with Crippen molar-refractivity contribution in [2.24, 2.45) is 17.8 Å². The second kappa shape index (κ2) is 13.6. The van der Waals surface area contributed by atoms with Crippen LogP contribution in [0.15, 0.2) is 42.5 Å². The van der Waals surface area contributed by atoms with Gasteiger partial charge in [-0.3, -0.25) is 9.28 Å². The Morgan fingerprint density at radius 2 is 1.60 bits per heavy atom. The van der Waals surface area contributed by atoms with Gasteiger partial charge in [0.25, 0.3) is 0 Å². The Bertz CT molecular complexity index is 1390. The molecule has 4 aliphatic heterocycles. The number of nitrogens with one attached hydrogen (secondary N) is 2. The third-order valence-electron chi connectivity index (χ3n) is 11.5. The molecule has 6 rings (SSSR count). The average molecular weight is 615 g/mol. The first-order valence-electron chi connectivity index (χ1n) is 17.3. The van der Waals surface area contributed by atoms with E-state index in [9.17, 15) is 14.4 Å². The maximum atomic E-state index is 14.4. The number of quaternary nitrogens is 1. The van der Waals surface area contributed by atoms with Crippen LogP contribution in [0.3, 0.4) is 0 Å². The van der Waals surface area contributed by atoms with E-state index in [-0.39, 0.29) is 36.2 Å². The number of amides is 4. The van der Waals surface area contributed by atoms with Gasteiger partial charge >= 0.3 is 11.9 Å². The molecule has 8 heteroatoms. The lowest BCUT2D eigenvalue weighted by Gasteiger charge is -2.43. The van der Waals surface area contributed by atoms with E-state index in [1.165, 1.54) is 24.0 Å². The third-order valence-corrected chi connectivity index (χ3v) is 11.5. The predicted molar refractivity (Wildman–Crippen MR) is 178 cm³/mol. The van der Waals surface area contributed by atoms with E-state index in [1.54, 1.807) is 0 Å². The van der Waals surface area contributed by atoms with Crippen LogP contribution in [0.2, 0.25) is 0 Å². The number of urea groups is 1. The van der Waals surface area contributed by atoms with Gasteiger partial charge in [-0.15, -0.1) is 0 Å². The standard InChI is InChI=1S/C37H51N5O3/c1-26-8-9-28(22-27(26)2)23-32(36(44)42(3)20-14-30(15-21-42)29-10-16-38-17-11-29)24-35(43)40-18-12-33(13-19-40)41-25-31-6-4-5-7-34(31)39-37(41)45/h4-9,22,29-30,32-33,38H,10-21,23-25H2,1-3H3/p+1. The lowest BCUT2D eigenvalue weighted by molar-refractivity contribution is -0.843. The molecule has 0 aromatic heterocycles. The number of likely N-dealkylation sites (tertiary alicyclic amines) is 2. The molecule has 0 spiro atoms. The number of carbonyl (C=O) groups is 3. The summed E-state index contributed by atoms with van der Waals surface area (Å²) >= 11 is 0. The maximum Gasteiger partial charge on any atom is 0.322 e. The largest absolute Gasteiger partial charge is 0.343 e. The van der Waals surface area contributed by atoms with Gasteiger partial charge in [0.15, 0.2) is 0 Å². The van der Waals surface area contributed by atoms with Gasteiger partial charge < -0.3 is 20.4 Å². The third kappa shape index (κ3) is 7.12. The van der Waals surface area contributed by atoms with E-state index in [0.29, 0.717) is 36.5 Å². The summed E-state index contributed by atoms with van der Waals surface area (Å²) in [7, 11) is 2.12. The molecule has 45 heavy (non-hydrogen) atoms. The van der Waals surface area contributed by atoms with Crippen LogP contribution < -0.4 is 10.6 Å². The first kappa shape index (κ1) is 31.7. The SMILES string of the molecule is Cc1ccc(CC(CC(=O)N2CCC(N3Cc4ccccc4NC3=O)CC2)C(=O)[N+]2(C)CCC(C3CCNCC3)CC2)cc1C. The molecule has 1 atom stereocenters. The average Bonchev–Trinajstić information content (AvgIpc) is 3.06. The number of para-hydroxylation sites is 1. The van der Waals surface area contributed by atoms with Crippen molar-refractivity contribution < 1.29 is 18.9 Å². The van der Waals surface area contributed by atoms with E-state index in [4.69, 9.17) is 0 Å². The van der Waals surface area contributed by atoms with Crippen molar-refractivity contribution in [2.75, 3.05) is 51.6 Å². The number of anilines is 1. The number of piperidine rings is 3. The zero-order valence-electron chi connectivity index (χ0n) is 27.5. The van der Waals surface area contributed by atoms with Gasteiger partial charge in [-0.2, -0.15) is 0 Å². The molecule has 0 aliphatic carbocycles. The fourth-order valence-electron chi connectivity index (χ4n) is 8.35. The number of aryl methyl sites for hydroxylation is 2. The lowest BCUT2D eigenvalue weighted by Crippen LogP contribution is -2.58. The minimum absolute atomic E-state index is 0.0570. The fraction of sp³-hybridized carbons (Fsp3) is 0.595. The monoisotopic (exact) mass is 614 g/mol. The Hall–Kier alpha value is -3.23. The summed E-state index contributed by atoms with van der Waals surface area (Å²) in [5.41, 5.74) is 5.61. The van der Waals surface area contributed by atoms with Crippen molar-refractivity contribution in [1.82, 2.24) is 15.1 Å². The molecule has 2 aromatic carbocycles. The first-order valence-corrected chi connectivity index (χ1v) is 17.3. The molecule has 2 N–H and O–H groups in total. The summed E-state index contributed by atoms with van der Waals surface area (Å²) < 4.78 is 0.442. The second-order valence-electron chi connectivity index (χ2n) is 14.5. The van der Waals surface area contributed by atoms with Crippen molar-refractivity contribution in [3.05, 3.63) is 64.7 Å². The number of carbonyl (C=O) groups excluding carboxylic acids is 3. The summed E-state index contributed by atoms with van der Waals surface area (Å²) in [5, 5.41) is 6.52. The van der Waals surface area contributed by atoms with Gasteiger partial charge in [-0.25, -0.2) is 9.59 Å². The molecule has 0 saturated carbocycles. The Morgan fingerprint density at radius 3 is 2.31 bits per heavy atom. The molecular weight excluding hydrogens is 562 g/mol. The Balaban J connectivity index is 1.10. The molecule has 4 heterocycles. The highest BCUT2D eigenvalue weighted by Gasteiger charge is 2.44. The van der Waals surface area contributed by atoms with Gasteiger partial charge in [0.2, 0.25) is 5.91 Å². The van der Waals surface area contributed by atoms with Crippen molar-refractivity contribution in [2.45, 2.75) is 77.8 Å². The van der Waals surface area contributed by atoms with E-state index in [0.717, 1.165) is 74.6 Å². The zero-order valence-corrected chi connectivity index (χ0v) is 27.5. The molecule has 8 nitrogen and oxygen atoms in total. The van der Waals surface area contributed by atoms with Gasteiger partial charge in [-0.05, 0) is 99.2 Å². The van der Waals surface area contributed by atoms with Crippen LogP contribution in [-0.2, 0) is 22.6 Å². The quantitative estimate of drug-likeness (QED) is 0.417. The van der Waals surface area contributed by atoms with Crippen molar-refractivity contribution in [3.8, 4) is 0 Å². The minimum Gasteiger partial charge on any atom is -0.343 e. The number of hydrogen-bond acceptors (Lipinski definition) is 4. The van der Waals surface area contributed by atoms with Crippen LogP contribution in [0.4, 0.5) is 10.5 Å². The molecule has 0 radical (unpaired) electrons. The highest BCUT2D eigenvalue weighted by molar-refractivity contribution is 5.92. The Kier molecular flexibility index (Phi) is 9.62. The molecule has 4 aliphatic rings. The smallest absolute Gasteiger partial charge is 0.322 e.